The fraction of sp³-hybridized carbons (Fsp3) is 0.438. The number of ether oxygens (including phenoxy) is 1. The Bertz CT molecular complexity index is 571. The van der Waals surface area contributed by atoms with Gasteiger partial charge in [0.05, 0.1) is 11.4 Å². The third-order valence-electron chi connectivity index (χ3n) is 2.68. The first-order valence-electron chi connectivity index (χ1n) is 6.82. The molecule has 22 heavy (non-hydrogen) atoms. The first kappa shape index (κ1) is 18.2. The second-order valence-electron chi connectivity index (χ2n) is 5.79. The van der Waals surface area contributed by atoms with E-state index in [0.717, 1.165) is 5.56 Å². The number of alkyl carbamates (subject to hydrolysis) is 1. The largest absolute Gasteiger partial charge is 0.444 e. The van der Waals surface area contributed by atoms with Crippen LogP contribution < -0.4 is 5.32 Å². The van der Waals surface area contributed by atoms with Crippen LogP contribution in [0.2, 0.25) is 0 Å². The summed E-state index contributed by atoms with van der Waals surface area (Å²) >= 11 is 3.12. The van der Waals surface area contributed by atoms with Gasteiger partial charge in [-0.1, -0.05) is 40.2 Å². The third-order valence-corrected chi connectivity index (χ3v) is 3.19. The van der Waals surface area contributed by atoms with Crippen LogP contribution in [0.15, 0.2) is 24.3 Å². The number of rotatable bonds is 5. The van der Waals surface area contributed by atoms with E-state index >= 15 is 0 Å². The molecule has 5 nitrogen and oxygen atoms in total. The molecule has 0 aliphatic carbocycles. The number of nitrogens with zero attached hydrogens (tertiary/aromatic N) is 1. The molecule has 0 spiro atoms. The molecular formula is C16H19BrN2O3. The van der Waals surface area contributed by atoms with E-state index in [1.807, 2.05) is 6.07 Å². The van der Waals surface area contributed by atoms with Gasteiger partial charge in [0.25, 0.3) is 0 Å². The summed E-state index contributed by atoms with van der Waals surface area (Å²) in [7, 11) is 0. The van der Waals surface area contributed by atoms with Crippen LogP contribution in [-0.4, -0.2) is 28.8 Å². The van der Waals surface area contributed by atoms with Crippen molar-refractivity contribution in [3.05, 3.63) is 35.4 Å². The van der Waals surface area contributed by atoms with Crippen LogP contribution >= 0.6 is 15.9 Å². The molecule has 0 radical (unpaired) electrons. The Labute approximate surface area is 138 Å². The summed E-state index contributed by atoms with van der Waals surface area (Å²) in [6, 6.07) is 8.31. The summed E-state index contributed by atoms with van der Waals surface area (Å²) < 4.78 is 5.12. The minimum Gasteiger partial charge on any atom is -0.444 e. The predicted molar refractivity (Wildman–Crippen MR) is 87.0 cm³/mol. The SMILES string of the molecule is CC(C)(C)OC(=O)N[C@H](C#N)Cc1ccc(C(=O)CBr)cc1. The maximum Gasteiger partial charge on any atom is 0.408 e. The van der Waals surface area contributed by atoms with Gasteiger partial charge < -0.3 is 10.1 Å². The lowest BCUT2D eigenvalue weighted by Crippen LogP contribution is -2.39. The molecule has 1 amide bonds. The van der Waals surface area contributed by atoms with Gasteiger partial charge in [0.2, 0.25) is 0 Å². The van der Waals surface area contributed by atoms with Gasteiger partial charge in [-0.05, 0) is 26.3 Å². The molecule has 0 aliphatic heterocycles. The molecule has 1 atom stereocenters. The van der Waals surface area contributed by atoms with Gasteiger partial charge in [-0.3, -0.25) is 4.79 Å². The van der Waals surface area contributed by atoms with Crippen LogP contribution in [0.5, 0.6) is 0 Å². The van der Waals surface area contributed by atoms with Gasteiger partial charge in [-0.25, -0.2) is 4.79 Å². The van der Waals surface area contributed by atoms with Crippen molar-refractivity contribution in [3.8, 4) is 6.07 Å². The highest BCUT2D eigenvalue weighted by molar-refractivity contribution is 9.09. The Kier molecular flexibility index (Phi) is 6.57. The van der Waals surface area contributed by atoms with Crippen LogP contribution in [0.4, 0.5) is 4.79 Å². The minimum absolute atomic E-state index is 0.00439. The average Bonchev–Trinajstić information content (AvgIpc) is 2.44. The number of alkyl halides is 1. The van der Waals surface area contributed by atoms with E-state index in [2.05, 4.69) is 21.2 Å². The first-order chi connectivity index (χ1) is 10.2. The van der Waals surface area contributed by atoms with Gasteiger partial charge in [0.1, 0.15) is 11.6 Å². The number of nitrogens with one attached hydrogen (secondary N) is 1. The van der Waals surface area contributed by atoms with E-state index in [1.54, 1.807) is 45.0 Å². The Hall–Kier alpha value is -1.87. The molecule has 0 aromatic heterocycles. The molecule has 0 fully saturated rings. The quantitative estimate of drug-likeness (QED) is 0.640. The van der Waals surface area contributed by atoms with Crippen LogP contribution in [-0.2, 0) is 11.2 Å². The van der Waals surface area contributed by atoms with Crippen molar-refractivity contribution in [2.75, 3.05) is 5.33 Å². The van der Waals surface area contributed by atoms with Gasteiger partial charge in [0.15, 0.2) is 5.78 Å². The van der Waals surface area contributed by atoms with E-state index in [9.17, 15) is 9.59 Å². The molecular weight excluding hydrogens is 348 g/mol. The molecule has 0 aliphatic rings. The van der Waals surface area contributed by atoms with Gasteiger partial charge in [-0.15, -0.1) is 0 Å². The van der Waals surface area contributed by atoms with E-state index in [0.29, 0.717) is 12.0 Å². The van der Waals surface area contributed by atoms with Gasteiger partial charge in [-0.2, -0.15) is 5.26 Å². The van der Waals surface area contributed by atoms with Crippen molar-refractivity contribution in [2.45, 2.75) is 38.8 Å². The van der Waals surface area contributed by atoms with E-state index < -0.39 is 17.7 Å². The summed E-state index contributed by atoms with van der Waals surface area (Å²) in [5.74, 6) is -0.00439. The monoisotopic (exact) mass is 366 g/mol. The van der Waals surface area contributed by atoms with E-state index in [1.165, 1.54) is 0 Å². The average molecular weight is 367 g/mol. The Balaban J connectivity index is 2.65. The van der Waals surface area contributed by atoms with Crippen LogP contribution in [0.1, 0.15) is 36.7 Å². The number of hydrogen-bond donors (Lipinski definition) is 1. The van der Waals surface area contributed by atoms with Crippen LogP contribution in [0.25, 0.3) is 0 Å². The summed E-state index contributed by atoms with van der Waals surface area (Å²) in [5, 5.41) is 11.9. The Morgan fingerprint density at radius 3 is 2.36 bits per heavy atom. The zero-order valence-corrected chi connectivity index (χ0v) is 14.4. The topological polar surface area (TPSA) is 79.2 Å². The number of Topliss-reactive ketones (excluding diaryl/α,β-unsaturated/α-hetero) is 1. The summed E-state index contributed by atoms with van der Waals surface area (Å²) in [5.41, 5.74) is 0.852. The molecule has 1 N–H and O–H groups in total. The van der Waals surface area contributed by atoms with Crippen LogP contribution in [0.3, 0.4) is 0 Å². The number of ketones is 1. The lowest BCUT2D eigenvalue weighted by molar-refractivity contribution is 0.0515. The van der Waals surface area contributed by atoms with Crippen molar-refractivity contribution in [3.63, 3.8) is 0 Å². The van der Waals surface area contributed by atoms with Crippen LogP contribution in [0, 0.1) is 11.3 Å². The minimum atomic E-state index is -0.687. The zero-order chi connectivity index (χ0) is 16.8. The predicted octanol–water partition coefficient (Wildman–Crippen LogP) is 3.22. The van der Waals surface area contributed by atoms with E-state index in [4.69, 9.17) is 10.00 Å². The molecule has 0 saturated heterocycles. The van der Waals surface area contributed by atoms with Gasteiger partial charge in [0, 0.05) is 12.0 Å². The molecule has 1 aromatic carbocycles. The highest BCUT2D eigenvalue weighted by Gasteiger charge is 2.19. The number of nitriles is 1. The van der Waals surface area contributed by atoms with Gasteiger partial charge >= 0.3 is 6.09 Å². The normalized spacial score (nSPS) is 12.1. The van der Waals surface area contributed by atoms with Crippen molar-refractivity contribution < 1.29 is 14.3 Å². The zero-order valence-electron chi connectivity index (χ0n) is 12.9. The third kappa shape index (κ3) is 6.27. The molecule has 1 rings (SSSR count). The molecule has 1 aromatic rings. The Morgan fingerprint density at radius 2 is 1.91 bits per heavy atom. The molecule has 0 bridgehead atoms. The number of carbonyl (C=O) groups is 2. The maximum atomic E-state index is 11.7. The lowest BCUT2D eigenvalue weighted by atomic mass is 10.0. The maximum absolute atomic E-state index is 11.7. The standard InChI is InChI=1S/C16H19BrN2O3/c1-16(2,3)22-15(21)19-13(10-18)8-11-4-6-12(7-5-11)14(20)9-17/h4-7,13H,8-9H2,1-3H3,(H,19,21)/t13-/m0/s1. The Morgan fingerprint density at radius 1 is 1.32 bits per heavy atom. The first-order valence-corrected chi connectivity index (χ1v) is 7.94. The number of amides is 1. The fourth-order valence-electron chi connectivity index (χ4n) is 1.72. The molecule has 0 unspecified atom stereocenters. The molecule has 6 heteroatoms. The van der Waals surface area contributed by atoms with Crippen molar-refractivity contribution in [2.24, 2.45) is 0 Å². The summed E-state index contributed by atoms with van der Waals surface area (Å²) in [6.07, 6.45) is -0.274. The number of halogens is 1. The highest BCUT2D eigenvalue weighted by atomic mass is 79.9. The number of benzene rings is 1. The second kappa shape index (κ2) is 7.95. The second-order valence-corrected chi connectivity index (χ2v) is 6.35. The number of carbonyl (C=O) groups excluding carboxylic acids is 2. The summed E-state index contributed by atoms with van der Waals surface area (Å²) in [6.45, 7) is 5.27. The highest BCUT2D eigenvalue weighted by Crippen LogP contribution is 2.10. The smallest absolute Gasteiger partial charge is 0.408 e. The van der Waals surface area contributed by atoms with Crippen molar-refractivity contribution in [1.29, 1.82) is 5.26 Å². The molecule has 0 saturated carbocycles. The van der Waals surface area contributed by atoms with Crippen molar-refractivity contribution >= 4 is 27.8 Å². The summed E-state index contributed by atoms with van der Waals surface area (Å²) in [4.78, 5) is 23.2. The van der Waals surface area contributed by atoms with E-state index in [-0.39, 0.29) is 11.1 Å². The molecule has 118 valence electrons. The lowest BCUT2D eigenvalue weighted by Gasteiger charge is -2.21. The molecule has 0 heterocycles. The van der Waals surface area contributed by atoms with Crippen molar-refractivity contribution in [1.82, 2.24) is 5.32 Å². The number of hydrogen-bond acceptors (Lipinski definition) is 4. The fourth-order valence-corrected chi connectivity index (χ4v) is 2.04.